The molecule has 0 radical (unpaired) electrons. The van der Waals surface area contributed by atoms with Gasteiger partial charge in [0.15, 0.2) is 0 Å². The molecule has 0 atom stereocenters. The van der Waals surface area contributed by atoms with Crippen LogP contribution in [0.4, 0.5) is 0 Å². The minimum atomic E-state index is 0.733. The van der Waals surface area contributed by atoms with Gasteiger partial charge < -0.3 is 4.74 Å². The molecular formula is C20H35NO. The van der Waals surface area contributed by atoms with E-state index in [1.807, 2.05) is 12.1 Å². The lowest BCUT2D eigenvalue weighted by molar-refractivity contribution is 0.396. The van der Waals surface area contributed by atoms with E-state index in [4.69, 9.17) is 4.74 Å². The van der Waals surface area contributed by atoms with Crippen molar-refractivity contribution in [2.75, 3.05) is 7.11 Å². The van der Waals surface area contributed by atoms with Crippen LogP contribution >= 0.6 is 0 Å². The first-order chi connectivity index (χ1) is 10.9. The van der Waals surface area contributed by atoms with Gasteiger partial charge in [0.1, 0.15) is 0 Å². The molecule has 0 aliphatic carbocycles. The highest BCUT2D eigenvalue weighted by Crippen LogP contribution is 2.13. The van der Waals surface area contributed by atoms with Crippen molar-refractivity contribution in [2.45, 2.75) is 90.4 Å². The van der Waals surface area contributed by atoms with E-state index in [-0.39, 0.29) is 0 Å². The highest BCUT2D eigenvalue weighted by atomic mass is 16.5. The lowest BCUT2D eigenvalue weighted by Crippen LogP contribution is -1.93. The summed E-state index contributed by atoms with van der Waals surface area (Å²) in [6.07, 6.45) is 17.8. The van der Waals surface area contributed by atoms with E-state index in [1.165, 1.54) is 77.0 Å². The molecule has 0 aromatic carbocycles. The molecule has 0 unspecified atom stereocenters. The molecule has 0 fully saturated rings. The van der Waals surface area contributed by atoms with Gasteiger partial charge in [-0.3, -0.25) is 0 Å². The van der Waals surface area contributed by atoms with Gasteiger partial charge in [0, 0.05) is 11.8 Å². The molecule has 0 spiro atoms. The Morgan fingerprint density at radius 2 is 1.32 bits per heavy atom. The number of ether oxygens (including phenoxy) is 1. The zero-order valence-electron chi connectivity index (χ0n) is 14.8. The lowest BCUT2D eigenvalue weighted by Gasteiger charge is -2.04. The fourth-order valence-electron chi connectivity index (χ4n) is 2.86. The van der Waals surface area contributed by atoms with Crippen LogP contribution in [0, 0.1) is 0 Å². The van der Waals surface area contributed by atoms with Crippen LogP contribution < -0.4 is 4.74 Å². The molecular weight excluding hydrogens is 270 g/mol. The van der Waals surface area contributed by atoms with Crippen molar-refractivity contribution in [1.82, 2.24) is 4.98 Å². The molecule has 1 rings (SSSR count). The van der Waals surface area contributed by atoms with Crippen LogP contribution in [-0.2, 0) is 6.42 Å². The molecule has 1 aromatic rings. The molecule has 0 aliphatic heterocycles. The number of hydrogen-bond donors (Lipinski definition) is 0. The highest BCUT2D eigenvalue weighted by molar-refractivity contribution is 5.15. The smallest absolute Gasteiger partial charge is 0.213 e. The fourth-order valence-corrected chi connectivity index (χ4v) is 2.86. The number of nitrogens with zero attached hydrogens (tertiary/aromatic N) is 1. The summed E-state index contributed by atoms with van der Waals surface area (Å²) in [6, 6.07) is 6.04. The minimum absolute atomic E-state index is 0.733. The van der Waals surface area contributed by atoms with Gasteiger partial charge in [0.05, 0.1) is 7.11 Å². The van der Waals surface area contributed by atoms with Crippen molar-refractivity contribution in [3.8, 4) is 5.88 Å². The molecule has 1 heterocycles. The number of pyridine rings is 1. The number of rotatable bonds is 14. The maximum atomic E-state index is 5.16. The third kappa shape index (κ3) is 9.81. The van der Waals surface area contributed by atoms with E-state index >= 15 is 0 Å². The molecule has 1 aromatic heterocycles. The van der Waals surface area contributed by atoms with E-state index in [2.05, 4.69) is 18.0 Å². The van der Waals surface area contributed by atoms with Crippen molar-refractivity contribution < 1.29 is 4.74 Å². The van der Waals surface area contributed by atoms with Crippen molar-refractivity contribution >= 4 is 0 Å². The van der Waals surface area contributed by atoms with E-state index < -0.39 is 0 Å². The average Bonchev–Trinajstić information content (AvgIpc) is 2.56. The first-order valence-corrected chi connectivity index (χ1v) is 9.36. The van der Waals surface area contributed by atoms with Crippen molar-refractivity contribution in [3.05, 3.63) is 23.9 Å². The second-order valence-electron chi connectivity index (χ2n) is 6.31. The van der Waals surface area contributed by atoms with Gasteiger partial charge in [-0.25, -0.2) is 4.98 Å². The van der Waals surface area contributed by atoms with Gasteiger partial charge in [0.2, 0.25) is 5.88 Å². The second kappa shape index (κ2) is 13.6. The SMILES string of the molecule is CCCCCCCCCCCCCCc1cccc(OC)n1. The normalized spacial score (nSPS) is 10.8. The Morgan fingerprint density at radius 1 is 0.773 bits per heavy atom. The molecule has 0 aliphatic rings. The van der Waals surface area contributed by atoms with E-state index in [9.17, 15) is 0 Å². The third-order valence-electron chi connectivity index (χ3n) is 4.28. The summed E-state index contributed by atoms with van der Waals surface area (Å²) in [4.78, 5) is 4.46. The molecule has 2 nitrogen and oxygen atoms in total. The largest absolute Gasteiger partial charge is 0.481 e. The van der Waals surface area contributed by atoms with Crippen LogP contribution in [0.25, 0.3) is 0 Å². The van der Waals surface area contributed by atoms with Crippen molar-refractivity contribution in [2.24, 2.45) is 0 Å². The molecule has 0 saturated heterocycles. The van der Waals surface area contributed by atoms with Crippen molar-refractivity contribution in [3.63, 3.8) is 0 Å². The molecule has 2 heteroatoms. The predicted octanol–water partition coefficient (Wildman–Crippen LogP) is 6.33. The van der Waals surface area contributed by atoms with Crippen LogP contribution in [0.5, 0.6) is 5.88 Å². The first kappa shape index (κ1) is 19.0. The Bertz CT molecular complexity index is 364. The van der Waals surface area contributed by atoms with Gasteiger partial charge >= 0.3 is 0 Å². The Kier molecular flexibility index (Phi) is 11.7. The molecule has 0 amide bonds. The zero-order chi connectivity index (χ0) is 15.9. The van der Waals surface area contributed by atoms with Gasteiger partial charge in [0.25, 0.3) is 0 Å². The van der Waals surface area contributed by atoms with Crippen molar-refractivity contribution in [1.29, 1.82) is 0 Å². The number of methoxy groups -OCH3 is 1. The quantitative estimate of drug-likeness (QED) is 0.374. The summed E-state index contributed by atoms with van der Waals surface area (Å²) in [5.41, 5.74) is 1.16. The topological polar surface area (TPSA) is 22.1 Å². The van der Waals surface area contributed by atoms with Gasteiger partial charge in [-0.15, -0.1) is 0 Å². The summed E-state index contributed by atoms with van der Waals surface area (Å²) in [5.74, 6) is 0.733. The molecule has 126 valence electrons. The summed E-state index contributed by atoms with van der Waals surface area (Å²) >= 11 is 0. The number of aryl methyl sites for hydroxylation is 1. The average molecular weight is 306 g/mol. The number of unbranched alkanes of at least 4 members (excludes halogenated alkanes) is 11. The minimum Gasteiger partial charge on any atom is -0.481 e. The zero-order valence-corrected chi connectivity index (χ0v) is 14.8. The summed E-state index contributed by atoms with van der Waals surface area (Å²) in [7, 11) is 1.68. The Balaban J connectivity index is 1.87. The molecule has 0 N–H and O–H groups in total. The van der Waals surface area contributed by atoms with Crippen LogP contribution in [0.15, 0.2) is 18.2 Å². The summed E-state index contributed by atoms with van der Waals surface area (Å²) in [6.45, 7) is 2.28. The third-order valence-corrected chi connectivity index (χ3v) is 4.28. The van der Waals surface area contributed by atoms with Gasteiger partial charge in [-0.2, -0.15) is 0 Å². The number of hydrogen-bond acceptors (Lipinski definition) is 2. The van der Waals surface area contributed by atoms with E-state index in [0.29, 0.717) is 0 Å². The maximum Gasteiger partial charge on any atom is 0.213 e. The van der Waals surface area contributed by atoms with E-state index in [1.54, 1.807) is 7.11 Å². The lowest BCUT2D eigenvalue weighted by atomic mass is 10.0. The van der Waals surface area contributed by atoms with Crippen LogP contribution in [0.1, 0.15) is 89.7 Å². The molecule has 22 heavy (non-hydrogen) atoms. The van der Waals surface area contributed by atoms with Crippen LogP contribution in [0.2, 0.25) is 0 Å². The Labute approximate surface area is 137 Å². The molecule has 0 saturated carbocycles. The molecule has 0 bridgehead atoms. The maximum absolute atomic E-state index is 5.16. The standard InChI is InChI=1S/C20H35NO/c1-3-4-5-6-7-8-9-10-11-12-13-14-16-19-17-15-18-20(21-19)22-2/h15,17-18H,3-14,16H2,1-2H3. The second-order valence-corrected chi connectivity index (χ2v) is 6.31. The fraction of sp³-hybridized carbons (Fsp3) is 0.750. The van der Waals surface area contributed by atoms with Gasteiger partial charge in [-0.1, -0.05) is 83.6 Å². The van der Waals surface area contributed by atoms with Gasteiger partial charge in [-0.05, 0) is 18.9 Å². The van der Waals surface area contributed by atoms with E-state index in [0.717, 1.165) is 18.0 Å². The highest BCUT2D eigenvalue weighted by Gasteiger charge is 1.98. The Morgan fingerprint density at radius 3 is 1.86 bits per heavy atom. The monoisotopic (exact) mass is 305 g/mol. The Hall–Kier alpha value is -1.05. The number of aromatic nitrogens is 1. The predicted molar refractivity (Wildman–Crippen MR) is 95.6 cm³/mol. The van der Waals surface area contributed by atoms with Crippen LogP contribution in [-0.4, -0.2) is 12.1 Å². The van der Waals surface area contributed by atoms with Crippen LogP contribution in [0.3, 0.4) is 0 Å². The summed E-state index contributed by atoms with van der Waals surface area (Å²) < 4.78 is 5.16. The summed E-state index contributed by atoms with van der Waals surface area (Å²) in [5, 5.41) is 0. The first-order valence-electron chi connectivity index (χ1n) is 9.36.